The van der Waals surface area contributed by atoms with Gasteiger partial charge in [-0.3, -0.25) is 0 Å². The molecule has 11 aromatic carbocycles. The molecule has 0 fully saturated rings. The Morgan fingerprint density at radius 1 is 0.323 bits per heavy atom. The average molecular weight is 845 g/mol. The first-order valence-electron chi connectivity index (χ1n) is 22.4. The van der Waals surface area contributed by atoms with E-state index in [1.165, 1.54) is 75.2 Å². The molecule has 12 rings (SSSR count). The summed E-state index contributed by atoms with van der Waals surface area (Å²) in [6.45, 7) is 0. The zero-order valence-electron chi connectivity index (χ0n) is 35.8. The Bertz CT molecular complexity index is 3540. The van der Waals surface area contributed by atoms with Gasteiger partial charge in [0, 0.05) is 27.8 Å². The van der Waals surface area contributed by atoms with E-state index in [0.717, 1.165) is 22.7 Å². The third kappa shape index (κ3) is 6.47. The van der Waals surface area contributed by atoms with E-state index in [1.807, 2.05) is 0 Å². The van der Waals surface area contributed by atoms with Gasteiger partial charge in [0.05, 0.1) is 16.7 Å². The Hall–Kier alpha value is -8.24. The van der Waals surface area contributed by atoms with Crippen LogP contribution >= 0.6 is 0 Å². The minimum atomic E-state index is -2.70. The maximum atomic E-state index is 2.47. The van der Waals surface area contributed by atoms with Gasteiger partial charge in [-0.1, -0.05) is 212 Å². The van der Waals surface area contributed by atoms with Crippen molar-refractivity contribution in [1.82, 2.24) is 4.57 Å². The second-order valence-electron chi connectivity index (χ2n) is 16.9. The van der Waals surface area contributed by atoms with Gasteiger partial charge in [0.25, 0.3) is 0 Å². The zero-order chi connectivity index (χ0) is 43.2. The second kappa shape index (κ2) is 16.1. The highest BCUT2D eigenvalue weighted by atomic mass is 28.3. The number of rotatable bonds is 9. The second-order valence-corrected chi connectivity index (χ2v) is 20.7. The van der Waals surface area contributed by atoms with Crippen molar-refractivity contribution < 1.29 is 0 Å². The molecule has 0 saturated heterocycles. The van der Waals surface area contributed by atoms with E-state index >= 15 is 0 Å². The van der Waals surface area contributed by atoms with E-state index in [1.54, 1.807) is 0 Å². The number of nitrogens with zero attached hydrogens (tertiary/aromatic N) is 2. The third-order valence-corrected chi connectivity index (χ3v) is 18.1. The van der Waals surface area contributed by atoms with E-state index < -0.39 is 8.07 Å². The summed E-state index contributed by atoms with van der Waals surface area (Å²) in [6.07, 6.45) is 0. The van der Waals surface area contributed by atoms with Gasteiger partial charge in [-0.2, -0.15) is 0 Å². The Morgan fingerprint density at radius 2 is 0.846 bits per heavy atom. The average Bonchev–Trinajstić information content (AvgIpc) is 3.73. The summed E-state index contributed by atoms with van der Waals surface area (Å²) in [5.41, 5.74) is 9.25. The van der Waals surface area contributed by atoms with E-state index in [0.29, 0.717) is 0 Å². The molecule has 0 amide bonds. The summed E-state index contributed by atoms with van der Waals surface area (Å²) >= 11 is 0. The molecular weight excluding hydrogens is 801 g/mol. The summed E-state index contributed by atoms with van der Waals surface area (Å²) in [5, 5.41) is 12.8. The maximum Gasteiger partial charge on any atom is 0.179 e. The van der Waals surface area contributed by atoms with Crippen LogP contribution < -0.4 is 25.6 Å². The highest BCUT2D eigenvalue weighted by molar-refractivity contribution is 7.20. The lowest BCUT2D eigenvalue weighted by Gasteiger charge is -2.34. The van der Waals surface area contributed by atoms with Crippen LogP contribution in [0.1, 0.15) is 0 Å². The lowest BCUT2D eigenvalue weighted by Crippen LogP contribution is -2.74. The molecule has 0 aliphatic rings. The number of fused-ring (bicyclic) bond motifs is 5. The molecule has 0 bridgehead atoms. The van der Waals surface area contributed by atoms with Crippen molar-refractivity contribution in [1.29, 1.82) is 0 Å². The van der Waals surface area contributed by atoms with Gasteiger partial charge in [0.15, 0.2) is 8.07 Å². The fourth-order valence-electron chi connectivity index (χ4n) is 10.4. The summed E-state index contributed by atoms with van der Waals surface area (Å²) < 4.78 is 2.40. The zero-order valence-corrected chi connectivity index (χ0v) is 36.8. The normalized spacial score (nSPS) is 11.7. The minimum absolute atomic E-state index is 1.10. The quantitative estimate of drug-likeness (QED) is 0.104. The van der Waals surface area contributed by atoms with Crippen molar-refractivity contribution in [2.24, 2.45) is 0 Å². The smallest absolute Gasteiger partial charge is 0.179 e. The van der Waals surface area contributed by atoms with Crippen LogP contribution in [0.25, 0.3) is 60.2 Å². The number of anilines is 3. The fourth-order valence-corrected chi connectivity index (χ4v) is 15.2. The largest absolute Gasteiger partial charge is 0.310 e. The van der Waals surface area contributed by atoms with E-state index in [9.17, 15) is 0 Å². The molecule has 0 aliphatic carbocycles. The fraction of sp³-hybridized carbons (Fsp3) is 0. The number of aromatic nitrogens is 1. The van der Waals surface area contributed by atoms with Gasteiger partial charge in [0.1, 0.15) is 0 Å². The summed E-state index contributed by atoms with van der Waals surface area (Å²) in [5.74, 6) is 0. The van der Waals surface area contributed by atoms with Crippen LogP contribution in [0.4, 0.5) is 17.1 Å². The number of benzene rings is 11. The Morgan fingerprint density at radius 3 is 1.54 bits per heavy atom. The van der Waals surface area contributed by atoms with E-state index in [4.69, 9.17) is 0 Å². The highest BCUT2D eigenvalue weighted by Crippen LogP contribution is 2.45. The Kier molecular flexibility index (Phi) is 9.55. The molecular formula is C62H44N2Si. The predicted molar refractivity (Wildman–Crippen MR) is 280 cm³/mol. The first-order valence-corrected chi connectivity index (χ1v) is 24.4. The molecule has 3 heteroatoms. The van der Waals surface area contributed by atoms with Crippen molar-refractivity contribution >= 4 is 89.2 Å². The van der Waals surface area contributed by atoms with Crippen molar-refractivity contribution in [2.75, 3.05) is 4.90 Å². The lowest BCUT2D eigenvalue weighted by atomic mass is 9.98. The minimum Gasteiger partial charge on any atom is -0.310 e. The summed E-state index contributed by atoms with van der Waals surface area (Å²) in [4.78, 5) is 2.46. The number of para-hydroxylation sites is 2. The summed E-state index contributed by atoms with van der Waals surface area (Å²) in [6, 6.07) is 98.5. The highest BCUT2D eigenvalue weighted by Gasteiger charge is 2.41. The topological polar surface area (TPSA) is 8.17 Å². The van der Waals surface area contributed by atoms with Gasteiger partial charge < -0.3 is 9.47 Å². The molecule has 0 aliphatic heterocycles. The van der Waals surface area contributed by atoms with Gasteiger partial charge >= 0.3 is 0 Å². The van der Waals surface area contributed by atoms with Crippen LogP contribution in [0.5, 0.6) is 0 Å². The lowest BCUT2D eigenvalue weighted by molar-refractivity contribution is 1.18. The summed E-state index contributed by atoms with van der Waals surface area (Å²) in [7, 11) is -2.70. The van der Waals surface area contributed by atoms with Crippen molar-refractivity contribution in [3.63, 3.8) is 0 Å². The molecule has 0 spiro atoms. The molecule has 0 saturated carbocycles. The maximum absolute atomic E-state index is 2.70. The first kappa shape index (κ1) is 38.4. The van der Waals surface area contributed by atoms with Crippen molar-refractivity contribution in [3.05, 3.63) is 267 Å². The molecule has 0 radical (unpaired) electrons. The van der Waals surface area contributed by atoms with Crippen molar-refractivity contribution in [3.8, 4) is 16.8 Å². The molecule has 12 aromatic rings. The van der Waals surface area contributed by atoms with Gasteiger partial charge in [-0.05, 0) is 108 Å². The molecule has 0 unspecified atom stereocenters. The Labute approximate surface area is 380 Å². The van der Waals surface area contributed by atoms with E-state index in [-0.39, 0.29) is 0 Å². The molecule has 65 heavy (non-hydrogen) atoms. The molecule has 2 nitrogen and oxygen atoms in total. The molecule has 1 heterocycles. The standard InChI is InChI=1S/C62H44N2Si/c1-5-21-49(22-6-1)64-59-32-16-15-30-58(59)62-60(33-18-34-61(62)64)63(50-39-35-46(36-40-50)57-31-17-20-45-19-13-14-29-56(45)57)51-41-37-48-44-55(42-38-47(48)43-51)65(52-23-7-2-8-24-52,53-25-9-3-10-26-53)54-27-11-4-12-28-54/h1-44H. The van der Waals surface area contributed by atoms with Gasteiger partial charge in [-0.15, -0.1) is 0 Å². The van der Waals surface area contributed by atoms with Crippen LogP contribution in [-0.4, -0.2) is 12.6 Å². The number of hydrogen-bond donors (Lipinski definition) is 0. The van der Waals surface area contributed by atoms with Crippen LogP contribution in [0, 0.1) is 0 Å². The molecule has 306 valence electrons. The van der Waals surface area contributed by atoms with Crippen LogP contribution in [-0.2, 0) is 0 Å². The molecule has 1 aromatic heterocycles. The predicted octanol–water partition coefficient (Wildman–Crippen LogP) is 13.6. The third-order valence-electron chi connectivity index (χ3n) is 13.3. The van der Waals surface area contributed by atoms with Crippen LogP contribution in [0.15, 0.2) is 267 Å². The molecule has 0 N–H and O–H groups in total. The van der Waals surface area contributed by atoms with Crippen LogP contribution in [0.2, 0.25) is 0 Å². The van der Waals surface area contributed by atoms with Gasteiger partial charge in [-0.25, -0.2) is 0 Å². The Balaban J connectivity index is 1.06. The SMILES string of the molecule is c1ccc(-n2c3ccccc3c3c(N(c4ccc(-c5cccc6ccccc56)cc4)c4ccc5cc([Si](c6ccccc6)(c6ccccc6)c6ccccc6)ccc5c4)cccc32)cc1. The molecule has 0 atom stereocenters. The van der Waals surface area contributed by atoms with Crippen LogP contribution in [0.3, 0.4) is 0 Å². The van der Waals surface area contributed by atoms with Gasteiger partial charge in [0.2, 0.25) is 0 Å². The number of hydrogen-bond acceptors (Lipinski definition) is 1. The van der Waals surface area contributed by atoms with Crippen molar-refractivity contribution in [2.45, 2.75) is 0 Å². The van der Waals surface area contributed by atoms with E-state index in [2.05, 4.69) is 276 Å². The first-order chi connectivity index (χ1) is 32.3. The monoisotopic (exact) mass is 844 g/mol.